The van der Waals surface area contributed by atoms with E-state index in [0.717, 1.165) is 13.0 Å². The van der Waals surface area contributed by atoms with Crippen LogP contribution in [-0.4, -0.2) is 24.0 Å². The van der Waals surface area contributed by atoms with Gasteiger partial charge in [-0.2, -0.15) is 0 Å². The maximum absolute atomic E-state index is 6.50. The number of hydrogen-bond acceptors (Lipinski definition) is 2. The Hall–Kier alpha value is -0.860. The molecule has 2 rings (SSSR count). The lowest BCUT2D eigenvalue weighted by Crippen LogP contribution is -2.48. The standard InChI is InChI=1S/C18H30N2/c1-5-16(19)17(15-10-7-6-9-14(15)2)20-12-8-11-18(3,4)13-20/h6-7,9-10,16-17H,5,8,11-13,19H2,1-4H3. The molecule has 1 aromatic rings. The quantitative estimate of drug-likeness (QED) is 0.902. The minimum atomic E-state index is 0.213. The molecule has 1 saturated heterocycles. The fourth-order valence-electron chi connectivity index (χ4n) is 3.55. The Morgan fingerprint density at radius 2 is 2.00 bits per heavy atom. The molecule has 1 aromatic carbocycles. The molecule has 2 nitrogen and oxygen atoms in total. The summed E-state index contributed by atoms with van der Waals surface area (Å²) in [4.78, 5) is 2.62. The van der Waals surface area contributed by atoms with Gasteiger partial charge in [0.1, 0.15) is 0 Å². The van der Waals surface area contributed by atoms with Crippen molar-refractivity contribution in [3.8, 4) is 0 Å². The molecule has 0 saturated carbocycles. The third-order valence-electron chi connectivity index (χ3n) is 4.71. The second-order valence-corrected chi connectivity index (χ2v) is 7.11. The molecule has 0 aliphatic carbocycles. The summed E-state index contributed by atoms with van der Waals surface area (Å²) in [5, 5.41) is 0. The maximum atomic E-state index is 6.50. The maximum Gasteiger partial charge on any atom is 0.0501 e. The van der Waals surface area contributed by atoms with Crippen molar-refractivity contribution in [2.24, 2.45) is 11.1 Å². The molecule has 2 N–H and O–H groups in total. The van der Waals surface area contributed by atoms with Crippen molar-refractivity contribution < 1.29 is 0 Å². The van der Waals surface area contributed by atoms with Gasteiger partial charge in [-0.25, -0.2) is 0 Å². The van der Waals surface area contributed by atoms with E-state index in [-0.39, 0.29) is 6.04 Å². The number of rotatable bonds is 4. The van der Waals surface area contributed by atoms with Crippen LogP contribution in [0.1, 0.15) is 57.2 Å². The zero-order valence-electron chi connectivity index (χ0n) is 13.5. The summed E-state index contributed by atoms with van der Waals surface area (Å²) in [5.41, 5.74) is 9.69. The topological polar surface area (TPSA) is 29.3 Å². The Morgan fingerprint density at radius 3 is 2.60 bits per heavy atom. The minimum absolute atomic E-state index is 0.213. The van der Waals surface area contributed by atoms with E-state index >= 15 is 0 Å². The fraction of sp³-hybridized carbons (Fsp3) is 0.667. The van der Waals surface area contributed by atoms with Crippen molar-refractivity contribution in [2.45, 2.75) is 59.0 Å². The molecule has 2 unspecified atom stereocenters. The van der Waals surface area contributed by atoms with Crippen molar-refractivity contribution >= 4 is 0 Å². The molecule has 2 heteroatoms. The number of benzene rings is 1. The van der Waals surface area contributed by atoms with Gasteiger partial charge in [-0.3, -0.25) is 4.90 Å². The first kappa shape index (κ1) is 15.5. The average Bonchev–Trinajstić information content (AvgIpc) is 2.40. The van der Waals surface area contributed by atoms with Crippen molar-refractivity contribution in [1.82, 2.24) is 4.90 Å². The van der Waals surface area contributed by atoms with E-state index in [2.05, 4.69) is 56.9 Å². The molecule has 0 aromatic heterocycles. The van der Waals surface area contributed by atoms with E-state index in [4.69, 9.17) is 5.73 Å². The minimum Gasteiger partial charge on any atom is -0.326 e. The summed E-state index contributed by atoms with van der Waals surface area (Å²) in [7, 11) is 0. The number of nitrogens with zero attached hydrogens (tertiary/aromatic N) is 1. The van der Waals surface area contributed by atoms with E-state index in [0.29, 0.717) is 11.5 Å². The predicted molar refractivity (Wildman–Crippen MR) is 86.8 cm³/mol. The van der Waals surface area contributed by atoms with Gasteiger partial charge in [0.05, 0.1) is 6.04 Å². The number of aryl methyl sites for hydroxylation is 1. The molecule has 112 valence electrons. The van der Waals surface area contributed by atoms with Gasteiger partial charge in [0.25, 0.3) is 0 Å². The van der Waals surface area contributed by atoms with Crippen LogP contribution in [0.15, 0.2) is 24.3 Å². The highest BCUT2D eigenvalue weighted by atomic mass is 15.2. The molecule has 1 heterocycles. The molecule has 0 radical (unpaired) electrons. The van der Waals surface area contributed by atoms with Crippen LogP contribution in [0, 0.1) is 12.3 Å². The zero-order chi connectivity index (χ0) is 14.8. The first-order valence-corrected chi connectivity index (χ1v) is 8.00. The molecule has 20 heavy (non-hydrogen) atoms. The monoisotopic (exact) mass is 274 g/mol. The second-order valence-electron chi connectivity index (χ2n) is 7.11. The van der Waals surface area contributed by atoms with Crippen molar-refractivity contribution in [2.75, 3.05) is 13.1 Å². The first-order valence-electron chi connectivity index (χ1n) is 8.00. The third kappa shape index (κ3) is 3.42. The normalized spacial score (nSPS) is 22.4. The second kappa shape index (κ2) is 6.28. The highest BCUT2D eigenvalue weighted by Crippen LogP contribution is 2.36. The van der Waals surface area contributed by atoms with E-state index in [9.17, 15) is 0 Å². The Balaban J connectivity index is 2.31. The molecular formula is C18H30N2. The first-order chi connectivity index (χ1) is 9.44. The number of likely N-dealkylation sites (tertiary alicyclic amines) is 1. The largest absolute Gasteiger partial charge is 0.326 e. The molecule has 2 atom stereocenters. The lowest BCUT2D eigenvalue weighted by atomic mass is 9.81. The highest BCUT2D eigenvalue weighted by Gasteiger charge is 2.33. The van der Waals surface area contributed by atoms with Gasteiger partial charge in [-0.1, -0.05) is 45.0 Å². The van der Waals surface area contributed by atoms with Crippen molar-refractivity contribution in [3.63, 3.8) is 0 Å². The van der Waals surface area contributed by atoms with Crippen molar-refractivity contribution in [3.05, 3.63) is 35.4 Å². The molecule has 1 fully saturated rings. The van der Waals surface area contributed by atoms with Crippen LogP contribution in [0.3, 0.4) is 0 Å². The molecule has 0 bridgehead atoms. The third-order valence-corrected chi connectivity index (χ3v) is 4.71. The average molecular weight is 274 g/mol. The van der Waals surface area contributed by atoms with E-state index in [1.807, 2.05) is 0 Å². The van der Waals surface area contributed by atoms with Gasteiger partial charge in [-0.15, -0.1) is 0 Å². The van der Waals surface area contributed by atoms with Gasteiger partial charge in [0.15, 0.2) is 0 Å². The SMILES string of the molecule is CCC(N)C(c1ccccc1C)N1CCCC(C)(C)C1. The van der Waals surface area contributed by atoms with Crippen LogP contribution < -0.4 is 5.73 Å². The Labute approximate surface area is 124 Å². The predicted octanol–water partition coefficient (Wildman–Crippen LogP) is 3.90. The van der Waals surface area contributed by atoms with Gasteiger partial charge >= 0.3 is 0 Å². The Bertz CT molecular complexity index is 439. The summed E-state index contributed by atoms with van der Waals surface area (Å²) in [5.74, 6) is 0. The van der Waals surface area contributed by atoms with E-state index < -0.39 is 0 Å². The van der Waals surface area contributed by atoms with Crippen molar-refractivity contribution in [1.29, 1.82) is 0 Å². The highest BCUT2D eigenvalue weighted by molar-refractivity contribution is 5.30. The lowest BCUT2D eigenvalue weighted by Gasteiger charge is -2.44. The van der Waals surface area contributed by atoms with Gasteiger partial charge in [0.2, 0.25) is 0 Å². The number of piperidine rings is 1. The molecule has 1 aliphatic rings. The fourth-order valence-corrected chi connectivity index (χ4v) is 3.55. The van der Waals surface area contributed by atoms with Crippen LogP contribution in [-0.2, 0) is 0 Å². The number of nitrogens with two attached hydrogens (primary N) is 1. The molecule has 1 aliphatic heterocycles. The molecule has 0 amide bonds. The van der Waals surface area contributed by atoms with Crippen LogP contribution in [0.4, 0.5) is 0 Å². The van der Waals surface area contributed by atoms with Gasteiger partial charge in [-0.05, 0) is 49.3 Å². The van der Waals surface area contributed by atoms with Crippen LogP contribution >= 0.6 is 0 Å². The summed E-state index contributed by atoms with van der Waals surface area (Å²) in [6.07, 6.45) is 3.63. The summed E-state index contributed by atoms with van der Waals surface area (Å²) < 4.78 is 0. The van der Waals surface area contributed by atoms with Gasteiger partial charge < -0.3 is 5.73 Å². The van der Waals surface area contributed by atoms with Gasteiger partial charge in [0, 0.05) is 12.6 Å². The van der Waals surface area contributed by atoms with E-state index in [1.165, 1.54) is 30.5 Å². The van der Waals surface area contributed by atoms with Crippen LogP contribution in [0.25, 0.3) is 0 Å². The van der Waals surface area contributed by atoms with Crippen LogP contribution in [0.5, 0.6) is 0 Å². The Kier molecular flexibility index (Phi) is 4.87. The van der Waals surface area contributed by atoms with Crippen LogP contribution in [0.2, 0.25) is 0 Å². The molecular weight excluding hydrogens is 244 g/mol. The summed E-state index contributed by atoms with van der Waals surface area (Å²) in [6.45, 7) is 11.5. The lowest BCUT2D eigenvalue weighted by molar-refractivity contribution is 0.0654. The molecule has 0 spiro atoms. The zero-order valence-corrected chi connectivity index (χ0v) is 13.5. The summed E-state index contributed by atoms with van der Waals surface area (Å²) >= 11 is 0. The smallest absolute Gasteiger partial charge is 0.0501 e. The summed E-state index contributed by atoms with van der Waals surface area (Å²) in [6, 6.07) is 9.31. The van der Waals surface area contributed by atoms with E-state index in [1.54, 1.807) is 0 Å². The Morgan fingerprint density at radius 1 is 1.30 bits per heavy atom. The number of hydrogen-bond donors (Lipinski definition) is 1.